The third-order valence-electron chi connectivity index (χ3n) is 4.44. The molecule has 0 aliphatic heterocycles. The van der Waals surface area contributed by atoms with Crippen molar-refractivity contribution in [2.75, 3.05) is 6.54 Å². The highest BCUT2D eigenvalue weighted by Crippen LogP contribution is 2.48. The van der Waals surface area contributed by atoms with E-state index >= 15 is 0 Å². The number of hydrogen-bond acceptors (Lipinski definition) is 2. The van der Waals surface area contributed by atoms with Gasteiger partial charge in [0.25, 0.3) is 0 Å². The van der Waals surface area contributed by atoms with Crippen molar-refractivity contribution in [3.63, 3.8) is 0 Å². The van der Waals surface area contributed by atoms with Gasteiger partial charge in [-0.1, -0.05) is 27.2 Å². The molecule has 0 radical (unpaired) electrons. The number of aromatic nitrogens is 1. The van der Waals surface area contributed by atoms with Gasteiger partial charge < -0.3 is 5.32 Å². The van der Waals surface area contributed by atoms with Gasteiger partial charge in [0.15, 0.2) is 0 Å². The van der Waals surface area contributed by atoms with Gasteiger partial charge in [0, 0.05) is 12.2 Å². The van der Waals surface area contributed by atoms with Crippen LogP contribution in [0.5, 0.6) is 0 Å². The number of halogens is 1. The summed E-state index contributed by atoms with van der Waals surface area (Å²) >= 11 is 0. The minimum Gasteiger partial charge on any atom is -0.310 e. The molecule has 1 aliphatic carbocycles. The molecule has 0 saturated heterocycles. The number of nitrogens with one attached hydrogen (secondary N) is 1. The minimum atomic E-state index is -0.239. The van der Waals surface area contributed by atoms with Gasteiger partial charge in [-0.05, 0) is 48.8 Å². The average Bonchev–Trinajstić information content (AvgIpc) is 2.70. The van der Waals surface area contributed by atoms with E-state index in [4.69, 9.17) is 0 Å². The molecule has 0 aromatic carbocycles. The van der Waals surface area contributed by atoms with Crippen LogP contribution >= 0.6 is 0 Å². The van der Waals surface area contributed by atoms with E-state index in [1.165, 1.54) is 25.5 Å². The molecule has 1 aromatic heterocycles. The van der Waals surface area contributed by atoms with E-state index in [9.17, 15) is 4.39 Å². The Morgan fingerprint density at radius 2 is 2.26 bits per heavy atom. The van der Waals surface area contributed by atoms with Crippen molar-refractivity contribution in [1.29, 1.82) is 0 Å². The molecule has 0 spiro atoms. The lowest BCUT2D eigenvalue weighted by Crippen LogP contribution is -2.34. The fraction of sp³-hybridized carbons (Fsp3) is 0.688. The van der Waals surface area contributed by atoms with Crippen LogP contribution in [-0.2, 0) is 0 Å². The minimum absolute atomic E-state index is 0.223. The molecule has 1 saturated carbocycles. The Labute approximate surface area is 115 Å². The van der Waals surface area contributed by atoms with E-state index in [1.807, 2.05) is 6.20 Å². The van der Waals surface area contributed by atoms with Gasteiger partial charge in [-0.3, -0.25) is 4.98 Å². The van der Waals surface area contributed by atoms with E-state index in [2.05, 4.69) is 31.1 Å². The van der Waals surface area contributed by atoms with Gasteiger partial charge in [0.1, 0.15) is 5.82 Å². The van der Waals surface area contributed by atoms with E-state index in [0.29, 0.717) is 11.3 Å². The third-order valence-corrected chi connectivity index (χ3v) is 4.44. The zero-order chi connectivity index (χ0) is 13.9. The van der Waals surface area contributed by atoms with Crippen LogP contribution in [0.1, 0.15) is 58.1 Å². The van der Waals surface area contributed by atoms with Crippen LogP contribution in [0.25, 0.3) is 0 Å². The first-order valence-electron chi connectivity index (χ1n) is 7.38. The van der Waals surface area contributed by atoms with Crippen LogP contribution in [-0.4, -0.2) is 11.5 Å². The molecule has 1 N–H and O–H groups in total. The largest absolute Gasteiger partial charge is 0.310 e. The Bertz CT molecular complexity index is 417. The van der Waals surface area contributed by atoms with Crippen molar-refractivity contribution < 1.29 is 4.39 Å². The molecule has 2 rings (SSSR count). The summed E-state index contributed by atoms with van der Waals surface area (Å²) in [6, 6.07) is 1.86. The molecule has 19 heavy (non-hydrogen) atoms. The first kappa shape index (κ1) is 14.4. The molecule has 2 nitrogen and oxygen atoms in total. The lowest BCUT2D eigenvalue weighted by molar-refractivity contribution is 0.197. The predicted octanol–water partition coefficient (Wildman–Crippen LogP) is 4.09. The lowest BCUT2D eigenvalue weighted by Gasteiger charge is -2.35. The summed E-state index contributed by atoms with van der Waals surface area (Å²) in [6.07, 6.45) is 7.91. The topological polar surface area (TPSA) is 24.9 Å². The quantitative estimate of drug-likeness (QED) is 0.866. The fourth-order valence-corrected chi connectivity index (χ4v) is 3.36. The molecular formula is C16H25FN2. The first-order valence-corrected chi connectivity index (χ1v) is 7.38. The van der Waals surface area contributed by atoms with Crippen molar-refractivity contribution in [3.8, 4) is 0 Å². The molecule has 106 valence electrons. The predicted molar refractivity (Wildman–Crippen MR) is 76.4 cm³/mol. The van der Waals surface area contributed by atoms with Gasteiger partial charge in [-0.25, -0.2) is 4.39 Å². The Hall–Kier alpha value is -0.960. The van der Waals surface area contributed by atoms with Crippen LogP contribution in [0.2, 0.25) is 0 Å². The maximum Gasteiger partial charge on any atom is 0.141 e. The molecule has 1 aliphatic rings. The number of rotatable bonds is 5. The monoisotopic (exact) mass is 264 g/mol. The Morgan fingerprint density at radius 1 is 1.47 bits per heavy atom. The molecule has 2 unspecified atom stereocenters. The molecule has 2 atom stereocenters. The maximum atomic E-state index is 13.4. The van der Waals surface area contributed by atoms with Crippen LogP contribution < -0.4 is 5.32 Å². The van der Waals surface area contributed by atoms with Gasteiger partial charge in [0.05, 0.1) is 6.20 Å². The molecule has 3 heteroatoms. The second-order valence-corrected chi connectivity index (χ2v) is 6.36. The summed E-state index contributed by atoms with van der Waals surface area (Å²) in [6.45, 7) is 7.79. The fourth-order valence-electron chi connectivity index (χ4n) is 3.36. The molecule has 1 aromatic rings. The van der Waals surface area contributed by atoms with E-state index in [1.54, 1.807) is 6.07 Å². The molecule has 1 fully saturated rings. The molecular weight excluding hydrogens is 239 g/mol. The smallest absolute Gasteiger partial charge is 0.141 e. The van der Waals surface area contributed by atoms with Crippen molar-refractivity contribution in [1.82, 2.24) is 10.3 Å². The highest BCUT2D eigenvalue weighted by atomic mass is 19.1. The van der Waals surface area contributed by atoms with Crippen LogP contribution in [0.3, 0.4) is 0 Å². The standard InChI is InChI=1S/C16H25FN2/c1-4-8-19-15(12-9-13(17)11-18-10-12)14-6-5-7-16(14,2)3/h9-11,14-15,19H,4-8H2,1-3H3. The normalized spacial score (nSPS) is 23.5. The third kappa shape index (κ3) is 3.33. The van der Waals surface area contributed by atoms with Gasteiger partial charge in [-0.2, -0.15) is 0 Å². The van der Waals surface area contributed by atoms with Crippen molar-refractivity contribution in [2.24, 2.45) is 11.3 Å². The summed E-state index contributed by atoms with van der Waals surface area (Å²) in [4.78, 5) is 4.02. The van der Waals surface area contributed by atoms with E-state index < -0.39 is 0 Å². The van der Waals surface area contributed by atoms with Crippen LogP contribution in [0.4, 0.5) is 4.39 Å². The van der Waals surface area contributed by atoms with Gasteiger partial charge >= 0.3 is 0 Å². The Morgan fingerprint density at radius 3 is 2.84 bits per heavy atom. The summed E-state index contributed by atoms with van der Waals surface area (Å²) in [7, 11) is 0. The zero-order valence-corrected chi connectivity index (χ0v) is 12.2. The summed E-state index contributed by atoms with van der Waals surface area (Å²) in [5.74, 6) is 0.319. The van der Waals surface area contributed by atoms with Crippen molar-refractivity contribution >= 4 is 0 Å². The number of nitrogens with zero attached hydrogens (tertiary/aromatic N) is 1. The highest BCUT2D eigenvalue weighted by Gasteiger charge is 2.40. The maximum absolute atomic E-state index is 13.4. The Kier molecular flexibility index (Phi) is 4.56. The van der Waals surface area contributed by atoms with Gasteiger partial charge in [-0.15, -0.1) is 0 Å². The van der Waals surface area contributed by atoms with E-state index in [-0.39, 0.29) is 11.9 Å². The van der Waals surface area contributed by atoms with Crippen molar-refractivity contribution in [2.45, 2.75) is 52.5 Å². The summed E-state index contributed by atoms with van der Waals surface area (Å²) in [5, 5.41) is 3.60. The average molecular weight is 264 g/mol. The van der Waals surface area contributed by atoms with Crippen LogP contribution in [0, 0.1) is 17.2 Å². The van der Waals surface area contributed by atoms with Crippen molar-refractivity contribution in [3.05, 3.63) is 29.8 Å². The number of pyridine rings is 1. The van der Waals surface area contributed by atoms with Gasteiger partial charge in [0.2, 0.25) is 0 Å². The Balaban J connectivity index is 2.25. The molecule has 0 amide bonds. The lowest BCUT2D eigenvalue weighted by atomic mass is 9.75. The second-order valence-electron chi connectivity index (χ2n) is 6.36. The van der Waals surface area contributed by atoms with Crippen LogP contribution in [0.15, 0.2) is 18.5 Å². The SMILES string of the molecule is CCCNC(c1cncc(F)c1)C1CCCC1(C)C. The summed E-state index contributed by atoms with van der Waals surface area (Å²) in [5.41, 5.74) is 1.31. The zero-order valence-electron chi connectivity index (χ0n) is 12.2. The highest BCUT2D eigenvalue weighted by molar-refractivity contribution is 5.18. The van der Waals surface area contributed by atoms with E-state index in [0.717, 1.165) is 18.5 Å². The number of hydrogen-bond donors (Lipinski definition) is 1. The molecule has 1 heterocycles. The summed E-state index contributed by atoms with van der Waals surface area (Å²) < 4.78 is 13.4. The second kappa shape index (κ2) is 6.00. The first-order chi connectivity index (χ1) is 9.04. The molecule has 0 bridgehead atoms.